The van der Waals surface area contributed by atoms with Crippen LogP contribution in [0.1, 0.15) is 32.6 Å². The summed E-state index contributed by atoms with van der Waals surface area (Å²) in [5.41, 5.74) is 2.07. The number of aromatic nitrogens is 1. The van der Waals surface area contributed by atoms with Gasteiger partial charge in [-0.2, -0.15) is 5.26 Å². The standard InChI is InChI=1S/C16H12N2OS/c1-2-11-4-6-15(20-11)16(19)13-9-18-14-7-10(8-17)3-5-12(13)14/h3-7,9,18H,2H2,1H3. The quantitative estimate of drug-likeness (QED) is 0.740. The molecule has 4 heteroatoms. The zero-order chi connectivity index (χ0) is 14.1. The van der Waals surface area contributed by atoms with E-state index in [1.165, 1.54) is 16.2 Å². The Kier molecular flexibility index (Phi) is 3.13. The second kappa shape index (κ2) is 4.95. The highest BCUT2D eigenvalue weighted by molar-refractivity contribution is 7.14. The molecule has 1 aromatic carbocycles. The van der Waals surface area contributed by atoms with E-state index in [0.717, 1.165) is 22.2 Å². The van der Waals surface area contributed by atoms with Gasteiger partial charge in [-0.05, 0) is 30.7 Å². The van der Waals surface area contributed by atoms with Gasteiger partial charge in [0, 0.05) is 27.5 Å². The summed E-state index contributed by atoms with van der Waals surface area (Å²) < 4.78 is 0. The lowest BCUT2D eigenvalue weighted by Gasteiger charge is -1.96. The Morgan fingerprint density at radius 1 is 1.35 bits per heavy atom. The Balaban J connectivity index is 2.06. The van der Waals surface area contributed by atoms with Crippen molar-refractivity contribution in [2.75, 3.05) is 0 Å². The molecule has 3 nitrogen and oxygen atoms in total. The maximum Gasteiger partial charge on any atom is 0.205 e. The number of hydrogen-bond acceptors (Lipinski definition) is 3. The van der Waals surface area contributed by atoms with Crippen LogP contribution in [0.2, 0.25) is 0 Å². The molecule has 0 aliphatic carbocycles. The zero-order valence-electron chi connectivity index (χ0n) is 10.9. The fraction of sp³-hybridized carbons (Fsp3) is 0.125. The van der Waals surface area contributed by atoms with E-state index in [1.807, 2.05) is 18.2 Å². The first kappa shape index (κ1) is 12.6. The monoisotopic (exact) mass is 280 g/mol. The molecule has 0 saturated carbocycles. The molecule has 0 unspecified atom stereocenters. The Labute approximate surface area is 120 Å². The van der Waals surface area contributed by atoms with E-state index in [9.17, 15) is 4.79 Å². The molecule has 0 radical (unpaired) electrons. The van der Waals surface area contributed by atoms with Gasteiger partial charge in [-0.15, -0.1) is 11.3 Å². The minimum absolute atomic E-state index is 0.0330. The third kappa shape index (κ3) is 2.02. The molecule has 0 spiro atoms. The Morgan fingerprint density at radius 2 is 2.20 bits per heavy atom. The summed E-state index contributed by atoms with van der Waals surface area (Å²) in [5, 5.41) is 9.75. The first-order valence-corrected chi connectivity index (χ1v) is 7.19. The van der Waals surface area contributed by atoms with Crippen LogP contribution in [-0.4, -0.2) is 10.8 Å². The zero-order valence-corrected chi connectivity index (χ0v) is 11.8. The highest BCUT2D eigenvalue weighted by Crippen LogP contribution is 2.25. The van der Waals surface area contributed by atoms with Crippen molar-refractivity contribution in [1.29, 1.82) is 5.26 Å². The average Bonchev–Trinajstić information content (AvgIpc) is 3.12. The predicted octanol–water partition coefficient (Wildman–Crippen LogP) is 3.89. The number of carbonyl (C=O) groups is 1. The van der Waals surface area contributed by atoms with Crippen molar-refractivity contribution in [3.05, 3.63) is 57.4 Å². The lowest BCUT2D eigenvalue weighted by molar-refractivity contribution is 0.104. The van der Waals surface area contributed by atoms with Gasteiger partial charge in [0.15, 0.2) is 0 Å². The SMILES string of the molecule is CCc1ccc(C(=O)c2c[nH]c3cc(C#N)ccc23)s1. The van der Waals surface area contributed by atoms with Gasteiger partial charge in [0.1, 0.15) is 0 Å². The van der Waals surface area contributed by atoms with Crippen LogP contribution < -0.4 is 0 Å². The highest BCUT2D eigenvalue weighted by atomic mass is 32.1. The van der Waals surface area contributed by atoms with E-state index in [1.54, 1.807) is 18.3 Å². The summed E-state index contributed by atoms with van der Waals surface area (Å²) in [7, 11) is 0. The molecular weight excluding hydrogens is 268 g/mol. The van der Waals surface area contributed by atoms with Gasteiger partial charge in [-0.25, -0.2) is 0 Å². The molecule has 0 saturated heterocycles. The number of carbonyl (C=O) groups excluding carboxylic acids is 1. The van der Waals surface area contributed by atoms with E-state index < -0.39 is 0 Å². The maximum absolute atomic E-state index is 12.5. The molecule has 0 bridgehead atoms. The van der Waals surface area contributed by atoms with Crippen molar-refractivity contribution in [2.45, 2.75) is 13.3 Å². The number of nitrogens with one attached hydrogen (secondary N) is 1. The number of rotatable bonds is 3. The van der Waals surface area contributed by atoms with Gasteiger partial charge >= 0.3 is 0 Å². The molecular formula is C16H12N2OS. The smallest absolute Gasteiger partial charge is 0.205 e. The molecule has 1 N–H and O–H groups in total. The first-order valence-electron chi connectivity index (χ1n) is 6.37. The minimum Gasteiger partial charge on any atom is -0.360 e. The van der Waals surface area contributed by atoms with Crippen molar-refractivity contribution >= 4 is 28.0 Å². The number of benzene rings is 1. The number of fused-ring (bicyclic) bond motifs is 1. The molecule has 0 aliphatic heterocycles. The number of ketones is 1. The van der Waals surface area contributed by atoms with E-state index in [4.69, 9.17) is 5.26 Å². The molecule has 0 fully saturated rings. The molecule has 0 atom stereocenters. The van der Waals surface area contributed by atoms with E-state index in [0.29, 0.717) is 11.1 Å². The van der Waals surface area contributed by atoms with Gasteiger partial charge in [0.05, 0.1) is 16.5 Å². The molecule has 3 aromatic rings. The van der Waals surface area contributed by atoms with Crippen molar-refractivity contribution in [3.8, 4) is 6.07 Å². The van der Waals surface area contributed by atoms with Gasteiger partial charge in [-0.1, -0.05) is 13.0 Å². The van der Waals surface area contributed by atoms with Gasteiger partial charge in [-0.3, -0.25) is 4.79 Å². The van der Waals surface area contributed by atoms with Crippen molar-refractivity contribution in [1.82, 2.24) is 4.98 Å². The molecule has 2 heterocycles. The minimum atomic E-state index is 0.0330. The Bertz CT molecular complexity index is 836. The topological polar surface area (TPSA) is 56.6 Å². The fourth-order valence-electron chi connectivity index (χ4n) is 2.21. The highest BCUT2D eigenvalue weighted by Gasteiger charge is 2.16. The van der Waals surface area contributed by atoms with Gasteiger partial charge < -0.3 is 4.98 Å². The van der Waals surface area contributed by atoms with Crippen LogP contribution in [0.25, 0.3) is 10.9 Å². The number of H-pyrrole nitrogens is 1. The number of nitrogens with zero attached hydrogens (tertiary/aromatic N) is 1. The summed E-state index contributed by atoms with van der Waals surface area (Å²) >= 11 is 1.54. The van der Waals surface area contributed by atoms with Crippen LogP contribution in [0.5, 0.6) is 0 Å². The van der Waals surface area contributed by atoms with E-state index >= 15 is 0 Å². The third-order valence-electron chi connectivity index (χ3n) is 3.29. The predicted molar refractivity (Wildman–Crippen MR) is 80.1 cm³/mol. The normalized spacial score (nSPS) is 10.6. The van der Waals surface area contributed by atoms with Crippen molar-refractivity contribution in [2.24, 2.45) is 0 Å². The Morgan fingerprint density at radius 3 is 2.90 bits per heavy atom. The van der Waals surface area contributed by atoms with E-state index in [-0.39, 0.29) is 5.78 Å². The Hall–Kier alpha value is -2.38. The van der Waals surface area contributed by atoms with Gasteiger partial charge in [0.25, 0.3) is 0 Å². The largest absolute Gasteiger partial charge is 0.360 e. The summed E-state index contributed by atoms with van der Waals surface area (Å²) in [6.07, 6.45) is 2.66. The molecule has 20 heavy (non-hydrogen) atoms. The maximum atomic E-state index is 12.5. The number of thiophene rings is 1. The molecule has 0 aliphatic rings. The third-order valence-corrected chi connectivity index (χ3v) is 4.52. The second-order valence-electron chi connectivity index (χ2n) is 4.52. The summed E-state index contributed by atoms with van der Waals surface area (Å²) in [6, 6.07) is 11.3. The molecule has 0 amide bonds. The van der Waals surface area contributed by atoms with E-state index in [2.05, 4.69) is 18.0 Å². The van der Waals surface area contributed by atoms with Crippen LogP contribution in [0.4, 0.5) is 0 Å². The molecule has 98 valence electrons. The van der Waals surface area contributed by atoms with Crippen LogP contribution in [0, 0.1) is 11.3 Å². The lowest BCUT2D eigenvalue weighted by Crippen LogP contribution is -1.96. The summed E-state index contributed by atoms with van der Waals surface area (Å²) in [6.45, 7) is 2.08. The second-order valence-corrected chi connectivity index (χ2v) is 5.69. The van der Waals surface area contributed by atoms with Gasteiger partial charge in [0.2, 0.25) is 5.78 Å². The number of hydrogen-bond donors (Lipinski definition) is 1. The summed E-state index contributed by atoms with van der Waals surface area (Å²) in [4.78, 5) is 17.6. The van der Waals surface area contributed by atoms with Crippen LogP contribution >= 0.6 is 11.3 Å². The number of aromatic amines is 1. The number of nitriles is 1. The number of aryl methyl sites for hydroxylation is 1. The molecule has 3 rings (SSSR count). The van der Waals surface area contributed by atoms with Crippen LogP contribution in [-0.2, 0) is 6.42 Å². The average molecular weight is 280 g/mol. The molecule has 2 aromatic heterocycles. The lowest BCUT2D eigenvalue weighted by atomic mass is 10.1. The summed E-state index contributed by atoms with van der Waals surface area (Å²) in [5.74, 6) is 0.0330. The van der Waals surface area contributed by atoms with Crippen molar-refractivity contribution in [3.63, 3.8) is 0 Å². The van der Waals surface area contributed by atoms with Crippen LogP contribution in [0.15, 0.2) is 36.5 Å². The van der Waals surface area contributed by atoms with Crippen molar-refractivity contribution < 1.29 is 4.79 Å². The first-order chi connectivity index (χ1) is 9.72. The van der Waals surface area contributed by atoms with Crippen LogP contribution in [0.3, 0.4) is 0 Å². The fourth-order valence-corrected chi connectivity index (χ4v) is 3.11.